The van der Waals surface area contributed by atoms with Crippen LogP contribution in [0, 0.1) is 11.8 Å². The van der Waals surface area contributed by atoms with Crippen LogP contribution in [-0.4, -0.2) is 10.9 Å². The first kappa shape index (κ1) is 13.2. The van der Waals surface area contributed by atoms with Gasteiger partial charge in [0.1, 0.15) is 5.15 Å². The molecule has 0 unspecified atom stereocenters. The van der Waals surface area contributed by atoms with E-state index in [1.54, 1.807) is 6.20 Å². The van der Waals surface area contributed by atoms with E-state index in [2.05, 4.69) is 36.7 Å². The number of pyridine rings is 1. The number of fused-ring (bicyclic) bond motifs is 1. The number of hydrogen-bond donors (Lipinski definition) is 0. The minimum absolute atomic E-state index is 0.328. The molecule has 0 bridgehead atoms. The maximum absolute atomic E-state index is 5.98. The first-order valence-corrected chi connectivity index (χ1v) is 6.67. The van der Waals surface area contributed by atoms with E-state index in [9.17, 15) is 0 Å². The molecule has 1 aromatic carbocycles. The third-order valence-electron chi connectivity index (χ3n) is 2.81. The SMILES string of the molecule is CC(C)c1ccc(C#CCCl)c2cnc(Cl)cc12. The summed E-state index contributed by atoms with van der Waals surface area (Å²) in [4.78, 5) is 4.14. The normalized spacial score (nSPS) is 10.5. The molecule has 0 spiro atoms. The molecule has 92 valence electrons. The minimum atomic E-state index is 0.328. The summed E-state index contributed by atoms with van der Waals surface area (Å²) >= 11 is 11.6. The van der Waals surface area contributed by atoms with Gasteiger partial charge in [0.05, 0.1) is 5.88 Å². The van der Waals surface area contributed by atoms with Crippen molar-refractivity contribution in [2.45, 2.75) is 19.8 Å². The van der Waals surface area contributed by atoms with Crippen molar-refractivity contribution in [3.63, 3.8) is 0 Å². The van der Waals surface area contributed by atoms with Crippen LogP contribution >= 0.6 is 23.2 Å². The molecule has 0 N–H and O–H groups in total. The lowest BCUT2D eigenvalue weighted by Gasteiger charge is -2.11. The largest absolute Gasteiger partial charge is 0.244 e. The summed E-state index contributed by atoms with van der Waals surface area (Å²) in [6, 6.07) is 6.02. The average Bonchev–Trinajstić information content (AvgIpc) is 2.35. The standard InChI is InChI=1S/C15H13Cl2N/c1-10(2)12-6-5-11(4-3-7-16)14-9-18-15(17)8-13(12)14/h5-6,8-10H,7H2,1-2H3. The molecule has 1 nitrogen and oxygen atoms in total. The molecule has 2 rings (SSSR count). The lowest BCUT2D eigenvalue weighted by Crippen LogP contribution is -1.92. The highest BCUT2D eigenvalue weighted by atomic mass is 35.5. The second-order valence-electron chi connectivity index (χ2n) is 4.35. The van der Waals surface area contributed by atoms with Gasteiger partial charge >= 0.3 is 0 Å². The van der Waals surface area contributed by atoms with E-state index in [1.165, 1.54) is 5.56 Å². The Bertz CT molecular complexity index is 636. The third-order valence-corrected chi connectivity index (χ3v) is 3.15. The minimum Gasteiger partial charge on any atom is -0.244 e. The highest BCUT2D eigenvalue weighted by molar-refractivity contribution is 6.30. The second kappa shape index (κ2) is 5.61. The van der Waals surface area contributed by atoms with Crippen LogP contribution < -0.4 is 0 Å². The molecule has 0 radical (unpaired) electrons. The van der Waals surface area contributed by atoms with E-state index in [0.717, 1.165) is 16.3 Å². The lowest BCUT2D eigenvalue weighted by molar-refractivity contribution is 0.876. The van der Waals surface area contributed by atoms with Gasteiger partial charge in [-0.15, -0.1) is 11.6 Å². The number of benzene rings is 1. The van der Waals surface area contributed by atoms with E-state index in [-0.39, 0.29) is 0 Å². The van der Waals surface area contributed by atoms with Crippen molar-refractivity contribution in [3.8, 4) is 11.8 Å². The Hall–Kier alpha value is -1.23. The number of nitrogens with zero attached hydrogens (tertiary/aromatic N) is 1. The molecule has 18 heavy (non-hydrogen) atoms. The molecule has 1 aromatic heterocycles. The molecule has 1 heterocycles. The van der Waals surface area contributed by atoms with Crippen molar-refractivity contribution in [1.29, 1.82) is 0 Å². The Kier molecular flexibility index (Phi) is 4.11. The molecular weight excluding hydrogens is 265 g/mol. The average molecular weight is 278 g/mol. The summed E-state index contributed by atoms with van der Waals surface area (Å²) in [5.74, 6) is 6.69. The summed E-state index contributed by atoms with van der Waals surface area (Å²) in [5.41, 5.74) is 2.20. The highest BCUT2D eigenvalue weighted by Gasteiger charge is 2.09. The van der Waals surface area contributed by atoms with Crippen LogP contribution in [0.15, 0.2) is 24.4 Å². The number of hydrogen-bond acceptors (Lipinski definition) is 1. The topological polar surface area (TPSA) is 12.9 Å². The molecule has 0 saturated heterocycles. The quantitative estimate of drug-likeness (QED) is 0.422. The van der Waals surface area contributed by atoms with E-state index in [0.29, 0.717) is 17.0 Å². The fourth-order valence-electron chi connectivity index (χ4n) is 1.98. The predicted octanol–water partition coefficient (Wildman–Crippen LogP) is 4.60. The highest BCUT2D eigenvalue weighted by Crippen LogP contribution is 2.28. The molecule has 2 aromatic rings. The maximum atomic E-state index is 5.98. The molecule has 0 aliphatic carbocycles. The first-order valence-electron chi connectivity index (χ1n) is 5.76. The number of aromatic nitrogens is 1. The van der Waals surface area contributed by atoms with Gasteiger partial charge in [-0.25, -0.2) is 4.98 Å². The van der Waals surface area contributed by atoms with E-state index < -0.39 is 0 Å². The van der Waals surface area contributed by atoms with Gasteiger partial charge in [0.25, 0.3) is 0 Å². The van der Waals surface area contributed by atoms with E-state index in [4.69, 9.17) is 23.2 Å². The number of alkyl halides is 1. The molecule has 3 heteroatoms. The fourth-order valence-corrected chi connectivity index (χ4v) is 2.20. The predicted molar refractivity (Wildman–Crippen MR) is 78.4 cm³/mol. The van der Waals surface area contributed by atoms with Gasteiger partial charge in [0.15, 0.2) is 0 Å². The summed E-state index contributed by atoms with van der Waals surface area (Å²) in [6.07, 6.45) is 1.78. The summed E-state index contributed by atoms with van der Waals surface area (Å²) < 4.78 is 0. The van der Waals surface area contributed by atoms with Gasteiger partial charge in [-0.05, 0) is 29.0 Å². The Labute approximate surface area is 117 Å². The van der Waals surface area contributed by atoms with Gasteiger partial charge in [0, 0.05) is 17.1 Å². The summed E-state index contributed by atoms with van der Waals surface area (Å²) in [5, 5.41) is 2.65. The molecule has 0 aliphatic heterocycles. The molecule has 0 saturated carbocycles. The van der Waals surface area contributed by atoms with Crippen molar-refractivity contribution in [2.75, 3.05) is 5.88 Å². The molecule has 0 atom stereocenters. The first-order chi connectivity index (χ1) is 8.63. The van der Waals surface area contributed by atoms with Gasteiger partial charge < -0.3 is 0 Å². The zero-order valence-corrected chi connectivity index (χ0v) is 11.8. The fraction of sp³-hybridized carbons (Fsp3) is 0.267. The Morgan fingerprint density at radius 3 is 2.72 bits per heavy atom. The lowest BCUT2D eigenvalue weighted by atomic mass is 9.94. The number of rotatable bonds is 1. The second-order valence-corrected chi connectivity index (χ2v) is 5.00. The maximum Gasteiger partial charge on any atom is 0.129 e. The summed E-state index contributed by atoms with van der Waals surface area (Å²) in [7, 11) is 0. The summed E-state index contributed by atoms with van der Waals surface area (Å²) in [6.45, 7) is 4.32. The Morgan fingerprint density at radius 1 is 1.28 bits per heavy atom. The van der Waals surface area contributed by atoms with Crippen molar-refractivity contribution in [2.24, 2.45) is 0 Å². The van der Waals surface area contributed by atoms with Crippen LogP contribution in [0.5, 0.6) is 0 Å². The monoisotopic (exact) mass is 277 g/mol. The van der Waals surface area contributed by atoms with E-state index >= 15 is 0 Å². The van der Waals surface area contributed by atoms with Crippen LogP contribution in [0.25, 0.3) is 10.8 Å². The molecule has 0 amide bonds. The van der Waals surface area contributed by atoms with Crippen molar-refractivity contribution >= 4 is 34.0 Å². The zero-order valence-electron chi connectivity index (χ0n) is 10.3. The van der Waals surface area contributed by atoms with Crippen LogP contribution in [0.4, 0.5) is 0 Å². The van der Waals surface area contributed by atoms with Gasteiger partial charge in [-0.3, -0.25) is 0 Å². The van der Waals surface area contributed by atoms with E-state index in [1.807, 2.05) is 12.1 Å². The van der Waals surface area contributed by atoms with Gasteiger partial charge in [0.2, 0.25) is 0 Å². The third kappa shape index (κ3) is 2.61. The van der Waals surface area contributed by atoms with Gasteiger partial charge in [-0.1, -0.05) is 43.4 Å². The molecular formula is C15H13Cl2N. The molecule has 0 aliphatic rings. The Balaban J connectivity index is 2.75. The van der Waals surface area contributed by atoms with Crippen molar-refractivity contribution in [3.05, 3.63) is 40.7 Å². The van der Waals surface area contributed by atoms with Crippen LogP contribution in [0.3, 0.4) is 0 Å². The zero-order chi connectivity index (χ0) is 13.1. The van der Waals surface area contributed by atoms with Crippen molar-refractivity contribution < 1.29 is 0 Å². The number of halogens is 2. The van der Waals surface area contributed by atoms with Crippen molar-refractivity contribution in [1.82, 2.24) is 4.98 Å². The van der Waals surface area contributed by atoms with Gasteiger partial charge in [-0.2, -0.15) is 0 Å². The molecule has 0 fully saturated rings. The Morgan fingerprint density at radius 2 is 2.06 bits per heavy atom. The van der Waals surface area contributed by atoms with Crippen LogP contribution in [-0.2, 0) is 0 Å². The smallest absolute Gasteiger partial charge is 0.129 e. The van der Waals surface area contributed by atoms with Crippen LogP contribution in [0.1, 0.15) is 30.9 Å². The van der Waals surface area contributed by atoms with Crippen LogP contribution in [0.2, 0.25) is 5.15 Å².